The number of hydrogen-bond acceptors (Lipinski definition) is 6. The van der Waals surface area contributed by atoms with E-state index in [1.165, 1.54) is 18.7 Å². The van der Waals surface area contributed by atoms with Crippen LogP contribution in [-0.4, -0.2) is 79.0 Å². The number of aromatic nitrogens is 1. The predicted molar refractivity (Wildman–Crippen MR) is 142 cm³/mol. The highest BCUT2D eigenvalue weighted by atomic mass is 19.1. The normalized spacial score (nSPS) is 14.4. The molecule has 1 aliphatic rings. The Hall–Kier alpha value is -3.11. The number of nitrogens with one attached hydrogen (secondary N) is 2. The third-order valence-electron chi connectivity index (χ3n) is 6.86. The van der Waals surface area contributed by atoms with Crippen molar-refractivity contribution in [3.8, 4) is 0 Å². The van der Waals surface area contributed by atoms with Crippen LogP contribution in [0.2, 0.25) is 0 Å². The second kappa shape index (κ2) is 14.7. The van der Waals surface area contributed by atoms with Crippen LogP contribution in [0.15, 0.2) is 30.3 Å². The van der Waals surface area contributed by atoms with Crippen LogP contribution in [0.1, 0.15) is 52.9 Å². The number of unbranched alkanes of at least 4 members (excludes halogenated alkanes) is 1. The lowest BCUT2D eigenvalue weighted by atomic mass is 10.1. The Kier molecular flexibility index (Phi) is 11.4. The van der Waals surface area contributed by atoms with Gasteiger partial charge >= 0.3 is 5.97 Å². The molecule has 0 spiro atoms. The van der Waals surface area contributed by atoms with Gasteiger partial charge in [0, 0.05) is 32.4 Å². The van der Waals surface area contributed by atoms with Gasteiger partial charge in [0.1, 0.15) is 24.4 Å². The summed E-state index contributed by atoms with van der Waals surface area (Å²) in [4.78, 5) is 31.2. The van der Waals surface area contributed by atoms with Gasteiger partial charge in [-0.15, -0.1) is 0 Å². The molecule has 208 valence electrons. The molecule has 0 saturated heterocycles. The molecule has 3 rings (SSSR count). The molecule has 10 heteroatoms. The number of pyridine rings is 1. The van der Waals surface area contributed by atoms with Gasteiger partial charge in [-0.2, -0.15) is 0 Å². The van der Waals surface area contributed by atoms with Crippen molar-refractivity contribution in [3.05, 3.63) is 58.5 Å². The first kappa shape index (κ1) is 29.4. The van der Waals surface area contributed by atoms with E-state index in [1.54, 1.807) is 13.0 Å². The smallest absolute Gasteiger partial charge is 0.326 e. The van der Waals surface area contributed by atoms with Crippen molar-refractivity contribution in [2.24, 2.45) is 0 Å². The van der Waals surface area contributed by atoms with E-state index in [1.807, 2.05) is 4.90 Å². The van der Waals surface area contributed by atoms with Crippen molar-refractivity contribution in [3.63, 3.8) is 0 Å². The molecule has 1 aliphatic heterocycles. The molecule has 1 aromatic carbocycles. The van der Waals surface area contributed by atoms with Crippen LogP contribution >= 0.6 is 0 Å². The molecule has 2 aromatic rings. The number of alkyl halides is 1. The lowest BCUT2D eigenvalue weighted by Crippen LogP contribution is -2.44. The number of rotatable bonds is 15. The topological polar surface area (TPSA) is 104 Å². The first-order valence-electron chi connectivity index (χ1n) is 13.1. The number of methoxy groups -OCH3 is 1. The van der Waals surface area contributed by atoms with Gasteiger partial charge in [-0.25, -0.2) is 18.6 Å². The van der Waals surface area contributed by atoms with Gasteiger partial charge in [0.15, 0.2) is 0 Å². The van der Waals surface area contributed by atoms with Crippen molar-refractivity contribution in [2.75, 3.05) is 45.3 Å². The summed E-state index contributed by atoms with van der Waals surface area (Å²) in [6, 6.07) is 7.21. The van der Waals surface area contributed by atoms with E-state index in [-0.39, 0.29) is 12.0 Å². The van der Waals surface area contributed by atoms with E-state index in [4.69, 9.17) is 9.72 Å². The van der Waals surface area contributed by atoms with E-state index in [0.29, 0.717) is 25.2 Å². The summed E-state index contributed by atoms with van der Waals surface area (Å²) in [5, 5.41) is 15.5. The largest absolute Gasteiger partial charge is 0.480 e. The first-order valence-corrected chi connectivity index (χ1v) is 13.1. The number of carboxylic acid groups (broad SMARTS) is 1. The molecular weight excluding hydrogens is 494 g/mol. The lowest BCUT2D eigenvalue weighted by Gasteiger charge is -2.27. The average molecular weight is 533 g/mol. The van der Waals surface area contributed by atoms with E-state index in [0.717, 1.165) is 56.2 Å². The standard InChI is InChI=1S/C28H38F2N4O4/c1-19-7-5-10-23(30)25(19)27(35)33-24(28(36)37)13-16-34(18-22(17-29)38-2)15-4-3-9-21-12-11-20-8-6-14-31-26(20)32-21/h5,7,10-12,22,24H,3-4,6,8-9,13-18H2,1-2H3,(H,31,32)(H,33,35)(H,36,37). The Balaban J connectivity index is 1.56. The van der Waals surface area contributed by atoms with Crippen molar-refractivity contribution in [2.45, 2.75) is 57.6 Å². The maximum atomic E-state index is 14.2. The number of carboxylic acids is 1. The molecule has 0 saturated carbocycles. The Bertz CT molecular complexity index is 1060. The van der Waals surface area contributed by atoms with Crippen LogP contribution in [0.3, 0.4) is 0 Å². The Morgan fingerprint density at radius 3 is 2.76 bits per heavy atom. The molecule has 2 atom stereocenters. The molecule has 1 amide bonds. The van der Waals surface area contributed by atoms with E-state index >= 15 is 0 Å². The Morgan fingerprint density at radius 1 is 1.24 bits per heavy atom. The van der Waals surface area contributed by atoms with Crippen LogP contribution in [0, 0.1) is 12.7 Å². The van der Waals surface area contributed by atoms with E-state index in [9.17, 15) is 23.5 Å². The van der Waals surface area contributed by atoms with Crippen LogP contribution in [0.4, 0.5) is 14.6 Å². The van der Waals surface area contributed by atoms with Gasteiger partial charge < -0.3 is 25.4 Å². The Labute approximate surface area is 222 Å². The summed E-state index contributed by atoms with van der Waals surface area (Å²) < 4.78 is 32.8. The molecule has 3 N–H and O–H groups in total. The number of nitrogens with zero attached hydrogens (tertiary/aromatic N) is 2. The van der Waals surface area contributed by atoms with Crippen LogP contribution in [0.25, 0.3) is 0 Å². The number of halogens is 2. The molecule has 8 nitrogen and oxygen atoms in total. The average Bonchev–Trinajstić information content (AvgIpc) is 2.91. The van der Waals surface area contributed by atoms with Crippen LogP contribution in [0.5, 0.6) is 0 Å². The van der Waals surface area contributed by atoms with E-state index < -0.39 is 36.5 Å². The summed E-state index contributed by atoms with van der Waals surface area (Å²) >= 11 is 0. The fourth-order valence-electron chi connectivity index (χ4n) is 4.64. The second-order valence-electron chi connectivity index (χ2n) is 9.70. The minimum Gasteiger partial charge on any atom is -0.480 e. The van der Waals surface area contributed by atoms with E-state index in [2.05, 4.69) is 22.8 Å². The number of aliphatic carboxylic acids is 1. The van der Waals surface area contributed by atoms with Crippen molar-refractivity contribution >= 4 is 17.7 Å². The number of anilines is 1. The van der Waals surface area contributed by atoms with Gasteiger partial charge in [-0.05, 0) is 75.3 Å². The summed E-state index contributed by atoms with van der Waals surface area (Å²) in [5.74, 6) is -1.73. The summed E-state index contributed by atoms with van der Waals surface area (Å²) in [5.41, 5.74) is 2.51. The molecule has 0 bridgehead atoms. The molecule has 0 radical (unpaired) electrons. The summed E-state index contributed by atoms with van der Waals surface area (Å²) in [6.45, 7) is 3.06. The molecule has 2 heterocycles. The highest BCUT2D eigenvalue weighted by molar-refractivity contribution is 5.98. The van der Waals surface area contributed by atoms with Crippen molar-refractivity contribution < 1.29 is 28.2 Å². The molecule has 0 aliphatic carbocycles. The van der Waals surface area contributed by atoms with Crippen LogP contribution < -0.4 is 10.6 Å². The quantitative estimate of drug-likeness (QED) is 0.300. The van der Waals surface area contributed by atoms with Crippen molar-refractivity contribution in [1.29, 1.82) is 0 Å². The van der Waals surface area contributed by atoms with Gasteiger partial charge in [0.25, 0.3) is 5.91 Å². The molecule has 2 unspecified atom stereocenters. The van der Waals surface area contributed by atoms with Gasteiger partial charge in [-0.1, -0.05) is 18.2 Å². The highest BCUT2D eigenvalue weighted by Crippen LogP contribution is 2.20. The molecule has 0 fully saturated rings. The van der Waals surface area contributed by atoms with Gasteiger partial charge in [0.05, 0.1) is 11.7 Å². The molecule has 1 aromatic heterocycles. The number of aryl methyl sites for hydroxylation is 3. The fraction of sp³-hybridized carbons (Fsp3) is 0.536. The van der Waals surface area contributed by atoms with Gasteiger partial charge in [-0.3, -0.25) is 4.79 Å². The first-order chi connectivity index (χ1) is 18.3. The number of carbonyl (C=O) groups is 2. The number of benzene rings is 1. The maximum Gasteiger partial charge on any atom is 0.326 e. The molecule has 38 heavy (non-hydrogen) atoms. The summed E-state index contributed by atoms with van der Waals surface area (Å²) in [7, 11) is 1.44. The zero-order valence-electron chi connectivity index (χ0n) is 22.1. The number of hydrogen-bond donors (Lipinski definition) is 3. The van der Waals surface area contributed by atoms with Crippen molar-refractivity contribution in [1.82, 2.24) is 15.2 Å². The highest BCUT2D eigenvalue weighted by Gasteiger charge is 2.25. The Morgan fingerprint density at radius 2 is 2.05 bits per heavy atom. The minimum absolute atomic E-state index is 0.0787. The predicted octanol–water partition coefficient (Wildman–Crippen LogP) is 3.77. The second-order valence-corrected chi connectivity index (χ2v) is 9.70. The fourth-order valence-corrected chi connectivity index (χ4v) is 4.64. The van der Waals surface area contributed by atoms with Crippen LogP contribution in [-0.2, 0) is 22.4 Å². The third-order valence-corrected chi connectivity index (χ3v) is 6.86. The molecular formula is C28H38F2N4O4. The summed E-state index contributed by atoms with van der Waals surface area (Å²) in [6.07, 6.45) is 4.06. The van der Waals surface area contributed by atoms with Gasteiger partial charge in [0.2, 0.25) is 0 Å². The number of fused-ring (bicyclic) bond motifs is 1. The SMILES string of the molecule is COC(CF)CN(CCCCc1ccc2c(n1)NCCC2)CCC(NC(=O)c1c(C)cccc1F)C(=O)O. The third kappa shape index (κ3) is 8.46. The minimum atomic E-state index is -1.22. The number of amides is 1. The lowest BCUT2D eigenvalue weighted by molar-refractivity contribution is -0.139. The zero-order valence-corrected chi connectivity index (χ0v) is 22.1. The number of ether oxygens (including phenoxy) is 1. The monoisotopic (exact) mass is 532 g/mol. The number of carbonyl (C=O) groups excluding carboxylic acids is 1. The zero-order chi connectivity index (χ0) is 27.5. The maximum absolute atomic E-state index is 14.2.